The number of ether oxygens (including phenoxy) is 1. The van der Waals surface area contributed by atoms with E-state index in [1.165, 1.54) is 26.0 Å². The number of hydrogen-bond donors (Lipinski definition) is 2. The molecule has 6 heteroatoms. The molecule has 0 aromatic carbocycles. The first kappa shape index (κ1) is 22.9. The third-order valence-electron chi connectivity index (χ3n) is 4.12. The van der Waals surface area contributed by atoms with Gasteiger partial charge in [0.1, 0.15) is 0 Å². The van der Waals surface area contributed by atoms with Crippen molar-refractivity contribution in [1.29, 1.82) is 0 Å². The first-order chi connectivity index (χ1) is 13.0. The van der Waals surface area contributed by atoms with Crippen molar-refractivity contribution in [3.8, 4) is 0 Å². The molecule has 3 N–H and O–H groups in total. The SMILES string of the molecule is CCCN1CCOCC1.CN/C(=C(N)/C(C)=C/C=C(\C)F)c1ccncc1. The highest BCUT2D eigenvalue weighted by Crippen LogP contribution is 2.17. The van der Waals surface area contributed by atoms with E-state index in [4.69, 9.17) is 10.5 Å². The maximum absolute atomic E-state index is 12.7. The second-order valence-corrected chi connectivity index (χ2v) is 6.33. The van der Waals surface area contributed by atoms with Gasteiger partial charge in [0.05, 0.1) is 30.4 Å². The van der Waals surface area contributed by atoms with Crippen molar-refractivity contribution in [2.24, 2.45) is 5.73 Å². The summed E-state index contributed by atoms with van der Waals surface area (Å²) in [6.45, 7) is 10.8. The van der Waals surface area contributed by atoms with Gasteiger partial charge in [-0.1, -0.05) is 13.0 Å². The minimum absolute atomic E-state index is 0.253. The Morgan fingerprint density at radius 3 is 2.41 bits per heavy atom. The van der Waals surface area contributed by atoms with Crippen LogP contribution < -0.4 is 11.1 Å². The second-order valence-electron chi connectivity index (χ2n) is 6.33. The molecule has 1 fully saturated rings. The Balaban J connectivity index is 0.000000337. The molecular weight excluding hydrogens is 343 g/mol. The quantitative estimate of drug-likeness (QED) is 0.744. The number of nitrogens with zero attached hydrogens (tertiary/aromatic N) is 2. The molecule has 2 heterocycles. The second kappa shape index (κ2) is 13.1. The van der Waals surface area contributed by atoms with E-state index >= 15 is 0 Å². The molecule has 0 aliphatic carbocycles. The maximum Gasteiger partial charge on any atom is 0.0968 e. The van der Waals surface area contributed by atoms with Crippen LogP contribution in [0.5, 0.6) is 0 Å². The molecule has 0 unspecified atom stereocenters. The summed E-state index contributed by atoms with van der Waals surface area (Å²) in [6.07, 6.45) is 7.71. The molecular formula is C21H33FN4O. The summed E-state index contributed by atoms with van der Waals surface area (Å²) in [6, 6.07) is 3.73. The van der Waals surface area contributed by atoms with Crippen molar-refractivity contribution in [3.63, 3.8) is 0 Å². The molecule has 1 aromatic heterocycles. The van der Waals surface area contributed by atoms with Crippen LogP contribution in [-0.4, -0.2) is 49.8 Å². The van der Waals surface area contributed by atoms with E-state index in [1.54, 1.807) is 25.5 Å². The number of allylic oxidation sites excluding steroid dienone is 4. The summed E-state index contributed by atoms with van der Waals surface area (Å²) in [5.41, 5.74) is 9.20. The molecule has 5 nitrogen and oxygen atoms in total. The average molecular weight is 377 g/mol. The number of aromatic nitrogens is 1. The maximum atomic E-state index is 12.7. The molecule has 0 bridgehead atoms. The molecule has 0 spiro atoms. The molecule has 0 saturated carbocycles. The zero-order valence-corrected chi connectivity index (χ0v) is 17.0. The van der Waals surface area contributed by atoms with E-state index < -0.39 is 0 Å². The van der Waals surface area contributed by atoms with Gasteiger partial charge in [-0.3, -0.25) is 9.88 Å². The van der Waals surface area contributed by atoms with E-state index in [9.17, 15) is 4.39 Å². The molecule has 0 radical (unpaired) electrons. The summed E-state index contributed by atoms with van der Waals surface area (Å²) in [4.78, 5) is 6.41. The number of nitrogens with two attached hydrogens (primary N) is 1. The largest absolute Gasteiger partial charge is 0.397 e. The number of morpholine rings is 1. The molecule has 2 rings (SSSR count). The Hall–Kier alpha value is -2.18. The molecule has 27 heavy (non-hydrogen) atoms. The van der Waals surface area contributed by atoms with E-state index in [-0.39, 0.29) is 5.83 Å². The summed E-state index contributed by atoms with van der Waals surface area (Å²) in [7, 11) is 1.80. The van der Waals surface area contributed by atoms with Gasteiger partial charge in [0.15, 0.2) is 0 Å². The molecule has 1 aliphatic heterocycles. The minimum Gasteiger partial charge on any atom is -0.397 e. The van der Waals surface area contributed by atoms with Crippen LogP contribution in [0.15, 0.2) is 53.8 Å². The highest BCUT2D eigenvalue weighted by atomic mass is 19.1. The topological polar surface area (TPSA) is 63.4 Å². The number of halogens is 1. The van der Waals surface area contributed by atoms with Gasteiger partial charge >= 0.3 is 0 Å². The summed E-state index contributed by atoms with van der Waals surface area (Å²) < 4.78 is 17.9. The molecule has 150 valence electrons. The predicted octanol–water partition coefficient (Wildman–Crippen LogP) is 3.48. The lowest BCUT2D eigenvalue weighted by molar-refractivity contribution is 0.0380. The van der Waals surface area contributed by atoms with Crippen LogP contribution in [0.3, 0.4) is 0 Å². The van der Waals surface area contributed by atoms with Crippen molar-refractivity contribution in [1.82, 2.24) is 15.2 Å². The van der Waals surface area contributed by atoms with Crippen LogP contribution >= 0.6 is 0 Å². The summed E-state index contributed by atoms with van der Waals surface area (Å²) in [5, 5.41) is 3.06. The first-order valence-corrected chi connectivity index (χ1v) is 9.38. The van der Waals surface area contributed by atoms with Crippen LogP contribution in [0.25, 0.3) is 5.70 Å². The first-order valence-electron chi connectivity index (χ1n) is 9.38. The third-order valence-corrected chi connectivity index (χ3v) is 4.12. The fraction of sp³-hybridized carbons (Fsp3) is 0.476. The van der Waals surface area contributed by atoms with Gasteiger partial charge in [-0.2, -0.15) is 0 Å². The van der Waals surface area contributed by atoms with Crippen molar-refractivity contribution in [2.45, 2.75) is 27.2 Å². The van der Waals surface area contributed by atoms with E-state index in [0.717, 1.165) is 43.1 Å². The van der Waals surface area contributed by atoms with Gasteiger partial charge in [-0.15, -0.1) is 0 Å². The predicted molar refractivity (Wildman–Crippen MR) is 111 cm³/mol. The number of nitrogens with one attached hydrogen (secondary N) is 1. The Bertz CT molecular complexity index is 628. The lowest BCUT2D eigenvalue weighted by Crippen LogP contribution is -2.36. The van der Waals surface area contributed by atoms with Crippen molar-refractivity contribution in [3.05, 3.63) is 59.3 Å². The lowest BCUT2D eigenvalue weighted by atomic mass is 10.1. The van der Waals surface area contributed by atoms with Crippen LogP contribution in [0.1, 0.15) is 32.8 Å². The van der Waals surface area contributed by atoms with Gasteiger partial charge < -0.3 is 15.8 Å². The monoisotopic (exact) mass is 376 g/mol. The summed E-state index contributed by atoms with van der Waals surface area (Å²) >= 11 is 0. The highest BCUT2D eigenvalue weighted by molar-refractivity contribution is 5.69. The van der Waals surface area contributed by atoms with Crippen LogP contribution in [0, 0.1) is 0 Å². The molecule has 1 aliphatic rings. The molecule has 0 amide bonds. The molecule has 1 aromatic rings. The van der Waals surface area contributed by atoms with Crippen molar-refractivity contribution < 1.29 is 9.13 Å². The van der Waals surface area contributed by atoms with E-state index in [1.807, 2.05) is 19.1 Å². The van der Waals surface area contributed by atoms with Crippen LogP contribution in [0.2, 0.25) is 0 Å². The Morgan fingerprint density at radius 2 is 1.89 bits per heavy atom. The number of hydrogen-bond acceptors (Lipinski definition) is 5. The van der Waals surface area contributed by atoms with E-state index in [2.05, 4.69) is 22.1 Å². The normalized spacial score (nSPS) is 16.9. The Morgan fingerprint density at radius 1 is 1.26 bits per heavy atom. The third kappa shape index (κ3) is 8.84. The zero-order chi connectivity index (χ0) is 20.1. The Kier molecular flexibility index (Phi) is 11.1. The van der Waals surface area contributed by atoms with Crippen molar-refractivity contribution in [2.75, 3.05) is 39.9 Å². The van der Waals surface area contributed by atoms with Gasteiger partial charge in [0, 0.05) is 38.1 Å². The standard InChI is InChI=1S/C14H18FN3.C7H15NO/c1-10(4-5-11(2)15)13(16)14(17-3)12-6-8-18-9-7-12;1-2-3-8-4-6-9-7-5-8/h4-9,17H,16H2,1-3H3;2-7H2,1H3/b10-4+,11-5+,14-13-;. The van der Waals surface area contributed by atoms with Gasteiger partial charge in [-0.05, 0) is 50.6 Å². The van der Waals surface area contributed by atoms with Crippen LogP contribution in [-0.2, 0) is 4.74 Å². The number of pyridine rings is 1. The Labute approximate surface area is 162 Å². The smallest absolute Gasteiger partial charge is 0.0968 e. The molecule has 1 saturated heterocycles. The van der Waals surface area contributed by atoms with E-state index in [0.29, 0.717) is 5.70 Å². The van der Waals surface area contributed by atoms with Crippen LogP contribution in [0.4, 0.5) is 4.39 Å². The van der Waals surface area contributed by atoms with Gasteiger partial charge in [-0.25, -0.2) is 4.39 Å². The minimum atomic E-state index is -0.253. The average Bonchev–Trinajstić information content (AvgIpc) is 2.69. The zero-order valence-electron chi connectivity index (χ0n) is 17.0. The molecule has 0 atom stereocenters. The summed E-state index contributed by atoms with van der Waals surface area (Å²) in [5.74, 6) is -0.253. The fourth-order valence-corrected chi connectivity index (χ4v) is 2.62. The van der Waals surface area contributed by atoms with Gasteiger partial charge in [0.25, 0.3) is 0 Å². The number of rotatable bonds is 6. The van der Waals surface area contributed by atoms with Gasteiger partial charge in [0.2, 0.25) is 0 Å². The highest BCUT2D eigenvalue weighted by Gasteiger charge is 2.07. The fourth-order valence-electron chi connectivity index (χ4n) is 2.62. The van der Waals surface area contributed by atoms with Crippen molar-refractivity contribution >= 4 is 5.70 Å². The lowest BCUT2D eigenvalue weighted by Gasteiger charge is -2.25.